The van der Waals surface area contributed by atoms with E-state index in [2.05, 4.69) is 0 Å². The number of hydrogen-bond acceptors (Lipinski definition) is 6. The summed E-state index contributed by atoms with van der Waals surface area (Å²) in [7, 11) is 1.52. The highest BCUT2D eigenvalue weighted by Gasteiger charge is 2.09. The molecule has 1 aromatic heterocycles. The van der Waals surface area contributed by atoms with Gasteiger partial charge in [-0.3, -0.25) is 9.36 Å². The molecule has 1 heterocycles. The minimum Gasteiger partial charge on any atom is -0.457 e. The van der Waals surface area contributed by atoms with Gasteiger partial charge in [-0.15, -0.1) is 11.3 Å². The van der Waals surface area contributed by atoms with Crippen LogP contribution in [0.5, 0.6) is 11.5 Å². The van der Waals surface area contributed by atoms with E-state index in [1.807, 2.05) is 24.3 Å². The average Bonchev–Trinajstić information content (AvgIpc) is 3.04. The first-order chi connectivity index (χ1) is 14.5. The number of halogens is 1. The number of ether oxygens (including phenoxy) is 2. The van der Waals surface area contributed by atoms with E-state index < -0.39 is 0 Å². The van der Waals surface area contributed by atoms with Crippen LogP contribution in [0.4, 0.5) is 0 Å². The molecular formula is C22H16ClN3O3S. The molecule has 0 radical (unpaired) electrons. The molecule has 0 N–H and O–H groups in total. The van der Waals surface area contributed by atoms with Gasteiger partial charge in [0.2, 0.25) is 0 Å². The van der Waals surface area contributed by atoms with Gasteiger partial charge >= 0.3 is 0 Å². The summed E-state index contributed by atoms with van der Waals surface area (Å²) in [6.07, 6.45) is 1.71. The second kappa shape index (κ2) is 9.91. The zero-order valence-corrected chi connectivity index (χ0v) is 17.5. The quantitative estimate of drug-likeness (QED) is 0.591. The Hall–Kier alpha value is -3.36. The monoisotopic (exact) mass is 437 g/mol. The predicted molar refractivity (Wildman–Crippen MR) is 116 cm³/mol. The largest absolute Gasteiger partial charge is 0.457 e. The molecule has 0 aliphatic carbocycles. The lowest BCUT2D eigenvalue weighted by Gasteiger charge is -2.06. The number of nitrogens with zero attached hydrogens (tertiary/aromatic N) is 3. The van der Waals surface area contributed by atoms with E-state index in [4.69, 9.17) is 21.1 Å². The van der Waals surface area contributed by atoms with E-state index >= 15 is 0 Å². The summed E-state index contributed by atoms with van der Waals surface area (Å²) < 4.78 is 13.0. The molecule has 150 valence electrons. The summed E-state index contributed by atoms with van der Waals surface area (Å²) in [5.41, 5.74) is 0.368. The molecule has 0 aliphatic rings. The number of hydrogen-bond donors (Lipinski definition) is 0. The van der Waals surface area contributed by atoms with Gasteiger partial charge in [-0.2, -0.15) is 10.5 Å². The predicted octanol–water partition coefficient (Wildman–Crippen LogP) is 3.03. The second-order valence-corrected chi connectivity index (χ2v) is 7.56. The number of aromatic nitrogens is 1. The van der Waals surface area contributed by atoms with Gasteiger partial charge in [-0.25, -0.2) is 0 Å². The van der Waals surface area contributed by atoms with Gasteiger partial charge in [0.25, 0.3) is 5.56 Å². The maximum Gasteiger partial charge on any atom is 0.269 e. The van der Waals surface area contributed by atoms with Crippen LogP contribution in [0.2, 0.25) is 5.02 Å². The Bertz CT molecular complexity index is 1300. The third-order valence-corrected chi connectivity index (χ3v) is 5.45. The molecule has 6 nitrogen and oxygen atoms in total. The Morgan fingerprint density at radius 3 is 2.57 bits per heavy atom. The van der Waals surface area contributed by atoms with Crippen LogP contribution >= 0.6 is 22.9 Å². The SMILES string of the molecule is COCCn1c(=C(C#N)C#N)s/c(=C/c2cccc(Oc3ccc(Cl)cc3)c2)c1=O. The van der Waals surface area contributed by atoms with Gasteiger partial charge in [-0.1, -0.05) is 23.7 Å². The summed E-state index contributed by atoms with van der Waals surface area (Å²) >= 11 is 7.00. The lowest BCUT2D eigenvalue weighted by Crippen LogP contribution is -2.33. The smallest absolute Gasteiger partial charge is 0.269 e. The van der Waals surface area contributed by atoms with Crippen LogP contribution in [0.25, 0.3) is 11.6 Å². The van der Waals surface area contributed by atoms with Crippen molar-refractivity contribution in [1.29, 1.82) is 10.5 Å². The van der Waals surface area contributed by atoms with Crippen molar-refractivity contribution in [1.82, 2.24) is 4.57 Å². The highest BCUT2D eigenvalue weighted by Crippen LogP contribution is 2.23. The molecule has 0 saturated heterocycles. The molecule has 0 fully saturated rings. The minimum atomic E-state index is -0.279. The van der Waals surface area contributed by atoms with E-state index in [0.717, 1.165) is 16.9 Å². The normalized spacial score (nSPS) is 11.0. The highest BCUT2D eigenvalue weighted by molar-refractivity contribution is 7.07. The Balaban J connectivity index is 2.04. The summed E-state index contributed by atoms with van der Waals surface area (Å²) in [6, 6.07) is 18.0. The number of benzene rings is 2. The molecule has 0 bridgehead atoms. The fourth-order valence-electron chi connectivity index (χ4n) is 2.67. The summed E-state index contributed by atoms with van der Waals surface area (Å²) in [5.74, 6) is 1.24. The Morgan fingerprint density at radius 1 is 1.17 bits per heavy atom. The first-order valence-electron chi connectivity index (χ1n) is 8.84. The lowest BCUT2D eigenvalue weighted by atomic mass is 10.2. The molecule has 0 spiro atoms. The third kappa shape index (κ3) is 4.97. The van der Waals surface area contributed by atoms with Crippen molar-refractivity contribution >= 4 is 34.6 Å². The zero-order valence-electron chi connectivity index (χ0n) is 16.0. The van der Waals surface area contributed by atoms with E-state index in [1.54, 1.807) is 42.5 Å². The van der Waals surface area contributed by atoms with Gasteiger partial charge in [0, 0.05) is 12.1 Å². The molecule has 0 aliphatic heterocycles. The van der Waals surface area contributed by atoms with E-state index in [0.29, 0.717) is 25.7 Å². The number of thiazole rings is 1. The average molecular weight is 438 g/mol. The van der Waals surface area contributed by atoms with Crippen molar-refractivity contribution in [3.8, 4) is 23.6 Å². The van der Waals surface area contributed by atoms with Crippen LogP contribution in [0, 0.1) is 22.7 Å². The molecular weight excluding hydrogens is 422 g/mol. The van der Waals surface area contributed by atoms with Gasteiger partial charge in [0.1, 0.15) is 28.3 Å². The van der Waals surface area contributed by atoms with Crippen molar-refractivity contribution < 1.29 is 9.47 Å². The first-order valence-corrected chi connectivity index (χ1v) is 10.0. The molecule has 2 aromatic carbocycles. The first kappa shape index (κ1) is 21.4. The molecule has 0 saturated carbocycles. The van der Waals surface area contributed by atoms with Crippen molar-refractivity contribution in [2.24, 2.45) is 0 Å². The summed E-state index contributed by atoms with van der Waals surface area (Å²) in [4.78, 5) is 12.9. The fourth-order valence-corrected chi connectivity index (χ4v) is 3.87. The van der Waals surface area contributed by atoms with Crippen LogP contribution in [0.1, 0.15) is 5.56 Å². The van der Waals surface area contributed by atoms with E-state index in [1.165, 1.54) is 11.7 Å². The van der Waals surface area contributed by atoms with Crippen molar-refractivity contribution in [3.05, 3.63) is 78.7 Å². The third-order valence-electron chi connectivity index (χ3n) is 4.07. The number of methoxy groups -OCH3 is 1. The van der Waals surface area contributed by atoms with Gasteiger partial charge in [0.15, 0.2) is 5.57 Å². The lowest BCUT2D eigenvalue weighted by molar-refractivity contribution is 0.186. The molecule has 30 heavy (non-hydrogen) atoms. The van der Waals surface area contributed by atoms with Gasteiger partial charge < -0.3 is 9.47 Å². The fraction of sp³-hybridized carbons (Fsp3) is 0.136. The van der Waals surface area contributed by atoms with Crippen molar-refractivity contribution in [3.63, 3.8) is 0 Å². The zero-order chi connectivity index (χ0) is 21.5. The molecule has 0 atom stereocenters. The maximum atomic E-state index is 12.9. The van der Waals surface area contributed by atoms with E-state index in [9.17, 15) is 15.3 Å². The second-order valence-electron chi connectivity index (χ2n) is 6.09. The topological polar surface area (TPSA) is 88.0 Å². The summed E-state index contributed by atoms with van der Waals surface area (Å²) in [6.45, 7) is 0.541. The van der Waals surface area contributed by atoms with Crippen LogP contribution in [0.15, 0.2) is 53.3 Å². The Labute approximate surface area is 181 Å². The van der Waals surface area contributed by atoms with Crippen molar-refractivity contribution in [2.75, 3.05) is 13.7 Å². The van der Waals surface area contributed by atoms with Crippen LogP contribution < -0.4 is 19.5 Å². The molecule has 3 aromatic rings. The molecule has 0 amide bonds. The maximum absolute atomic E-state index is 12.9. The van der Waals surface area contributed by atoms with Gasteiger partial charge in [0.05, 0.1) is 17.7 Å². The molecule has 0 unspecified atom stereocenters. The van der Waals surface area contributed by atoms with Crippen LogP contribution in [-0.4, -0.2) is 18.3 Å². The number of nitriles is 2. The molecule has 3 rings (SSSR count). The van der Waals surface area contributed by atoms with Crippen LogP contribution in [0.3, 0.4) is 0 Å². The van der Waals surface area contributed by atoms with E-state index in [-0.39, 0.29) is 24.3 Å². The minimum absolute atomic E-state index is 0.104. The highest BCUT2D eigenvalue weighted by atomic mass is 35.5. The molecule has 8 heteroatoms. The standard InChI is InChI=1S/C22H16ClN3O3S/c1-28-10-9-26-21(27)20(30-22(26)16(13-24)14-25)12-15-3-2-4-19(11-15)29-18-7-5-17(23)6-8-18/h2-8,11-12H,9-10H2,1H3/b20-12+. The van der Waals surface area contributed by atoms with Crippen LogP contribution in [-0.2, 0) is 11.3 Å². The van der Waals surface area contributed by atoms with Crippen molar-refractivity contribution in [2.45, 2.75) is 6.54 Å². The number of rotatable bonds is 6. The Kier molecular flexibility index (Phi) is 7.05. The van der Waals surface area contributed by atoms with Gasteiger partial charge in [-0.05, 0) is 48.0 Å². The Morgan fingerprint density at radius 2 is 1.90 bits per heavy atom. The summed E-state index contributed by atoms with van der Waals surface area (Å²) in [5, 5.41) is 19.1.